The summed E-state index contributed by atoms with van der Waals surface area (Å²) in [5.41, 5.74) is 4.47. The quantitative estimate of drug-likeness (QED) is 0.461. The molecule has 3 aromatic carbocycles. The maximum atomic E-state index is 5.42. The molecular formula is C21H18N4OS. The molecule has 0 aliphatic heterocycles. The fourth-order valence-electron chi connectivity index (χ4n) is 2.80. The molecule has 0 amide bonds. The maximum Gasteiger partial charge on any atom is 0.214 e. The largest absolute Gasteiger partial charge is 0.494 e. The van der Waals surface area contributed by atoms with E-state index in [2.05, 4.69) is 64.1 Å². The van der Waals surface area contributed by atoms with E-state index in [1.165, 1.54) is 16.7 Å². The summed E-state index contributed by atoms with van der Waals surface area (Å²) in [6.07, 6.45) is 0. The number of rotatable bonds is 6. The maximum absolute atomic E-state index is 5.42. The minimum atomic E-state index is 0.728. The van der Waals surface area contributed by atoms with Crippen LogP contribution in [0, 0.1) is 0 Å². The zero-order chi connectivity index (χ0) is 18.5. The Morgan fingerprint density at radius 3 is 2.33 bits per heavy atom. The van der Waals surface area contributed by atoms with Crippen LogP contribution in [0.1, 0.15) is 5.56 Å². The van der Waals surface area contributed by atoms with Gasteiger partial charge in [0, 0.05) is 5.75 Å². The Balaban J connectivity index is 1.49. The molecule has 27 heavy (non-hydrogen) atoms. The predicted molar refractivity (Wildman–Crippen MR) is 107 cm³/mol. The lowest BCUT2D eigenvalue weighted by Crippen LogP contribution is -2.01. The molecule has 1 aromatic heterocycles. The lowest BCUT2D eigenvalue weighted by atomic mass is 10.0. The highest BCUT2D eigenvalue weighted by atomic mass is 32.2. The first-order valence-corrected chi connectivity index (χ1v) is 9.52. The Labute approximate surface area is 162 Å². The van der Waals surface area contributed by atoms with Crippen molar-refractivity contribution in [3.63, 3.8) is 0 Å². The van der Waals surface area contributed by atoms with E-state index >= 15 is 0 Å². The average molecular weight is 374 g/mol. The molecule has 0 atom stereocenters. The molecule has 0 saturated heterocycles. The minimum Gasteiger partial charge on any atom is -0.494 e. The number of ether oxygens (including phenoxy) is 1. The van der Waals surface area contributed by atoms with Crippen LogP contribution in [0.5, 0.6) is 5.75 Å². The Kier molecular flexibility index (Phi) is 5.16. The van der Waals surface area contributed by atoms with Gasteiger partial charge in [0.25, 0.3) is 0 Å². The van der Waals surface area contributed by atoms with Gasteiger partial charge in [-0.2, -0.15) is 4.68 Å². The normalized spacial score (nSPS) is 10.7. The number of methoxy groups -OCH3 is 1. The molecule has 5 nitrogen and oxygen atoms in total. The molecule has 0 fully saturated rings. The molecule has 134 valence electrons. The van der Waals surface area contributed by atoms with Crippen molar-refractivity contribution in [2.45, 2.75) is 10.9 Å². The van der Waals surface area contributed by atoms with Crippen LogP contribution < -0.4 is 4.74 Å². The van der Waals surface area contributed by atoms with Crippen molar-refractivity contribution >= 4 is 11.8 Å². The highest BCUT2D eigenvalue weighted by Crippen LogP contribution is 2.28. The third-order valence-corrected chi connectivity index (χ3v) is 5.17. The van der Waals surface area contributed by atoms with Crippen molar-refractivity contribution in [2.75, 3.05) is 7.11 Å². The lowest BCUT2D eigenvalue weighted by Gasteiger charge is -2.09. The van der Waals surface area contributed by atoms with Gasteiger partial charge in [-0.25, -0.2) is 0 Å². The van der Waals surface area contributed by atoms with Crippen molar-refractivity contribution in [3.05, 3.63) is 84.4 Å². The summed E-state index contributed by atoms with van der Waals surface area (Å²) in [6.45, 7) is 0. The van der Waals surface area contributed by atoms with Gasteiger partial charge in [0.05, 0.1) is 7.11 Å². The first-order valence-electron chi connectivity index (χ1n) is 8.54. The third-order valence-electron chi connectivity index (χ3n) is 4.18. The molecule has 4 rings (SSSR count). The van der Waals surface area contributed by atoms with Crippen molar-refractivity contribution < 1.29 is 4.74 Å². The zero-order valence-electron chi connectivity index (χ0n) is 14.8. The standard InChI is InChI=1S/C21H18N4OS/c1-26-20-10-6-5-9-19(20)25-21(22-23-24-25)27-15-16-11-13-18(14-12-16)17-7-3-2-4-8-17/h2-14H,15H2,1H3. The van der Waals surface area contributed by atoms with Crippen LogP contribution in [0.2, 0.25) is 0 Å². The van der Waals surface area contributed by atoms with Gasteiger partial charge >= 0.3 is 0 Å². The molecule has 1 heterocycles. The Morgan fingerprint density at radius 1 is 0.852 bits per heavy atom. The lowest BCUT2D eigenvalue weighted by molar-refractivity contribution is 0.410. The summed E-state index contributed by atoms with van der Waals surface area (Å²) in [4.78, 5) is 0. The van der Waals surface area contributed by atoms with Crippen LogP contribution in [-0.2, 0) is 5.75 Å². The highest BCUT2D eigenvalue weighted by Gasteiger charge is 2.13. The number of aromatic nitrogens is 4. The smallest absolute Gasteiger partial charge is 0.214 e. The van der Waals surface area contributed by atoms with Gasteiger partial charge in [0.15, 0.2) is 0 Å². The van der Waals surface area contributed by atoms with Gasteiger partial charge < -0.3 is 4.74 Å². The van der Waals surface area contributed by atoms with Gasteiger partial charge in [-0.15, -0.1) is 5.10 Å². The second-order valence-electron chi connectivity index (χ2n) is 5.90. The first-order chi connectivity index (χ1) is 13.3. The molecule has 0 unspecified atom stereocenters. The molecule has 0 bridgehead atoms. The third kappa shape index (κ3) is 3.85. The summed E-state index contributed by atoms with van der Waals surface area (Å²) in [5.74, 6) is 1.52. The summed E-state index contributed by atoms with van der Waals surface area (Å²) >= 11 is 1.59. The molecule has 0 aliphatic carbocycles. The summed E-state index contributed by atoms with van der Waals surface area (Å²) in [5, 5.41) is 12.8. The number of para-hydroxylation sites is 2. The molecule has 0 spiro atoms. The predicted octanol–water partition coefficient (Wildman–Crippen LogP) is 4.63. The van der Waals surface area contributed by atoms with Crippen LogP contribution in [0.15, 0.2) is 84.0 Å². The van der Waals surface area contributed by atoms with E-state index in [1.54, 1.807) is 23.6 Å². The number of hydrogen-bond acceptors (Lipinski definition) is 5. The zero-order valence-corrected chi connectivity index (χ0v) is 15.6. The van der Waals surface area contributed by atoms with Crippen molar-refractivity contribution in [1.29, 1.82) is 0 Å². The fraction of sp³-hybridized carbons (Fsp3) is 0.0952. The van der Waals surface area contributed by atoms with Gasteiger partial charge in [0.2, 0.25) is 5.16 Å². The van der Waals surface area contributed by atoms with Gasteiger partial charge in [0.1, 0.15) is 11.4 Å². The van der Waals surface area contributed by atoms with Crippen LogP contribution in [0.4, 0.5) is 0 Å². The summed E-state index contributed by atoms with van der Waals surface area (Å²) < 4.78 is 7.13. The number of benzene rings is 3. The van der Waals surface area contributed by atoms with E-state index in [0.29, 0.717) is 0 Å². The van der Waals surface area contributed by atoms with E-state index in [-0.39, 0.29) is 0 Å². The van der Waals surface area contributed by atoms with E-state index < -0.39 is 0 Å². The van der Waals surface area contributed by atoms with Gasteiger partial charge in [-0.3, -0.25) is 0 Å². The Hall–Kier alpha value is -3.12. The number of nitrogens with zero attached hydrogens (tertiary/aromatic N) is 4. The summed E-state index contributed by atoms with van der Waals surface area (Å²) in [6, 6.07) is 26.7. The van der Waals surface area contributed by atoms with E-state index in [0.717, 1.165) is 22.3 Å². The number of tetrazole rings is 1. The molecule has 6 heteroatoms. The fourth-order valence-corrected chi connectivity index (χ4v) is 3.64. The van der Waals surface area contributed by atoms with Crippen LogP contribution in [-0.4, -0.2) is 27.3 Å². The van der Waals surface area contributed by atoms with Crippen LogP contribution in [0.25, 0.3) is 16.8 Å². The second kappa shape index (κ2) is 8.05. The number of hydrogen-bond donors (Lipinski definition) is 0. The SMILES string of the molecule is COc1ccccc1-n1nnnc1SCc1ccc(-c2ccccc2)cc1. The minimum absolute atomic E-state index is 0.728. The van der Waals surface area contributed by atoms with E-state index in [4.69, 9.17) is 4.74 Å². The molecular weight excluding hydrogens is 356 g/mol. The summed E-state index contributed by atoms with van der Waals surface area (Å²) in [7, 11) is 1.64. The molecule has 0 saturated carbocycles. The van der Waals surface area contributed by atoms with E-state index in [1.807, 2.05) is 30.3 Å². The van der Waals surface area contributed by atoms with Gasteiger partial charge in [-0.1, -0.05) is 78.5 Å². The van der Waals surface area contributed by atoms with Crippen molar-refractivity contribution in [2.24, 2.45) is 0 Å². The molecule has 0 N–H and O–H groups in total. The van der Waals surface area contributed by atoms with Gasteiger partial charge in [-0.05, 0) is 39.2 Å². The molecule has 0 radical (unpaired) electrons. The highest BCUT2D eigenvalue weighted by molar-refractivity contribution is 7.98. The topological polar surface area (TPSA) is 52.8 Å². The van der Waals surface area contributed by atoms with Crippen molar-refractivity contribution in [3.8, 4) is 22.6 Å². The molecule has 0 aliphatic rings. The van der Waals surface area contributed by atoms with Crippen LogP contribution >= 0.6 is 11.8 Å². The van der Waals surface area contributed by atoms with Crippen LogP contribution in [0.3, 0.4) is 0 Å². The first kappa shape index (κ1) is 17.3. The van der Waals surface area contributed by atoms with Crippen molar-refractivity contribution in [1.82, 2.24) is 20.2 Å². The average Bonchev–Trinajstić information content (AvgIpc) is 3.21. The Bertz CT molecular complexity index is 1020. The second-order valence-corrected chi connectivity index (χ2v) is 6.84. The Morgan fingerprint density at radius 2 is 1.56 bits per heavy atom. The van der Waals surface area contributed by atoms with E-state index in [9.17, 15) is 0 Å². The number of thioether (sulfide) groups is 1. The monoisotopic (exact) mass is 374 g/mol. The molecule has 4 aromatic rings.